The summed E-state index contributed by atoms with van der Waals surface area (Å²) in [6, 6.07) is 5.65. The van der Waals surface area contributed by atoms with Crippen molar-refractivity contribution in [2.45, 2.75) is 40.3 Å². The highest BCUT2D eigenvalue weighted by Crippen LogP contribution is 2.23. The van der Waals surface area contributed by atoms with Crippen molar-refractivity contribution >= 4 is 11.9 Å². The molecule has 0 saturated heterocycles. The zero-order chi connectivity index (χ0) is 20.1. The quantitative estimate of drug-likeness (QED) is 0.714. The highest BCUT2D eigenvalue weighted by atomic mass is 19.3. The number of carbonyl (C=O) groups excluding carboxylic acids is 2. The van der Waals surface area contributed by atoms with Crippen molar-refractivity contribution in [3.63, 3.8) is 0 Å². The number of halogens is 2. The molecule has 146 valence electrons. The number of hydrogen-bond donors (Lipinski definition) is 2. The number of hydrogen-bond acceptors (Lipinski definition) is 4. The number of alkyl halides is 2. The largest absolute Gasteiger partial charge is 0.462 e. The van der Waals surface area contributed by atoms with Crippen LogP contribution in [0, 0.1) is 13.8 Å². The number of rotatable bonds is 7. The number of benzene rings is 1. The minimum absolute atomic E-state index is 0.0140. The van der Waals surface area contributed by atoms with Crippen LogP contribution in [-0.4, -0.2) is 30.1 Å². The van der Waals surface area contributed by atoms with Gasteiger partial charge in [-0.15, -0.1) is 0 Å². The molecule has 2 rings (SSSR count). The minimum Gasteiger partial charge on any atom is -0.462 e. The number of amides is 1. The third-order valence-corrected chi connectivity index (χ3v) is 4.07. The van der Waals surface area contributed by atoms with Gasteiger partial charge >= 0.3 is 12.6 Å². The van der Waals surface area contributed by atoms with Gasteiger partial charge in [0.15, 0.2) is 0 Å². The van der Waals surface area contributed by atoms with Gasteiger partial charge in [0.05, 0.1) is 18.2 Å². The highest BCUT2D eigenvalue weighted by molar-refractivity contribution is 6.00. The maximum absolute atomic E-state index is 12.6. The second kappa shape index (κ2) is 8.66. The van der Waals surface area contributed by atoms with Crippen LogP contribution in [0.2, 0.25) is 0 Å². The average Bonchev–Trinajstić information content (AvgIpc) is 2.89. The van der Waals surface area contributed by atoms with E-state index >= 15 is 0 Å². The fourth-order valence-corrected chi connectivity index (χ4v) is 2.80. The lowest BCUT2D eigenvalue weighted by Crippen LogP contribution is -2.27. The van der Waals surface area contributed by atoms with E-state index in [2.05, 4.69) is 15.0 Å². The molecule has 1 aromatic heterocycles. The summed E-state index contributed by atoms with van der Waals surface area (Å²) in [4.78, 5) is 27.6. The van der Waals surface area contributed by atoms with Gasteiger partial charge < -0.3 is 19.8 Å². The molecule has 1 amide bonds. The van der Waals surface area contributed by atoms with Crippen LogP contribution in [0.15, 0.2) is 24.3 Å². The Morgan fingerprint density at radius 1 is 1.26 bits per heavy atom. The SMILES string of the molecule is CCOC(=O)c1c(C)[nH]c(C(=O)NC(C)c2cccc(OC(F)F)c2)c1C. The van der Waals surface area contributed by atoms with Crippen molar-refractivity contribution in [2.75, 3.05) is 6.61 Å². The average molecular weight is 380 g/mol. The Kier molecular flexibility index (Phi) is 6.55. The van der Waals surface area contributed by atoms with Crippen LogP contribution in [-0.2, 0) is 4.74 Å². The molecule has 1 unspecified atom stereocenters. The van der Waals surface area contributed by atoms with Crippen molar-refractivity contribution in [1.82, 2.24) is 10.3 Å². The Hall–Kier alpha value is -2.90. The summed E-state index contributed by atoms with van der Waals surface area (Å²) in [6.07, 6.45) is 0. The van der Waals surface area contributed by atoms with Gasteiger partial charge in [0.2, 0.25) is 0 Å². The predicted octanol–water partition coefficient (Wildman–Crippen LogP) is 3.90. The molecular weight excluding hydrogens is 358 g/mol. The van der Waals surface area contributed by atoms with Crippen molar-refractivity contribution in [2.24, 2.45) is 0 Å². The van der Waals surface area contributed by atoms with Gasteiger partial charge in [-0.25, -0.2) is 4.79 Å². The van der Waals surface area contributed by atoms with Gasteiger partial charge in [-0.05, 0) is 51.0 Å². The normalized spacial score (nSPS) is 12.0. The third kappa shape index (κ3) is 4.84. The molecule has 0 aliphatic carbocycles. The first kappa shape index (κ1) is 20.4. The first-order valence-electron chi connectivity index (χ1n) is 8.46. The summed E-state index contributed by atoms with van der Waals surface area (Å²) in [7, 11) is 0. The number of aromatic amines is 1. The van der Waals surface area contributed by atoms with Gasteiger partial charge in [0.25, 0.3) is 5.91 Å². The molecule has 2 N–H and O–H groups in total. The molecule has 0 bridgehead atoms. The number of nitrogens with one attached hydrogen (secondary N) is 2. The molecule has 8 heteroatoms. The molecule has 0 aliphatic rings. The van der Waals surface area contributed by atoms with Crippen LogP contribution in [0.5, 0.6) is 5.75 Å². The lowest BCUT2D eigenvalue weighted by atomic mass is 10.1. The van der Waals surface area contributed by atoms with Gasteiger partial charge in [-0.1, -0.05) is 12.1 Å². The van der Waals surface area contributed by atoms with Crippen LogP contribution in [0.4, 0.5) is 8.78 Å². The molecule has 1 aromatic carbocycles. The maximum Gasteiger partial charge on any atom is 0.387 e. The van der Waals surface area contributed by atoms with E-state index in [-0.39, 0.29) is 18.1 Å². The second-order valence-corrected chi connectivity index (χ2v) is 5.99. The topological polar surface area (TPSA) is 80.4 Å². The molecule has 0 radical (unpaired) electrons. The Morgan fingerprint density at radius 3 is 2.59 bits per heavy atom. The molecule has 6 nitrogen and oxygen atoms in total. The van der Waals surface area contributed by atoms with Crippen LogP contribution < -0.4 is 10.1 Å². The summed E-state index contributed by atoms with van der Waals surface area (Å²) in [6.45, 7) is 4.08. The molecule has 1 atom stereocenters. The monoisotopic (exact) mass is 380 g/mol. The van der Waals surface area contributed by atoms with Crippen LogP contribution in [0.1, 0.15) is 57.6 Å². The second-order valence-electron chi connectivity index (χ2n) is 5.99. The fourth-order valence-electron chi connectivity index (χ4n) is 2.80. The Balaban J connectivity index is 2.18. The van der Waals surface area contributed by atoms with E-state index in [0.29, 0.717) is 22.4 Å². The van der Waals surface area contributed by atoms with Gasteiger partial charge in [-0.2, -0.15) is 8.78 Å². The number of esters is 1. The highest BCUT2D eigenvalue weighted by Gasteiger charge is 2.23. The van der Waals surface area contributed by atoms with E-state index in [1.165, 1.54) is 12.1 Å². The molecule has 2 aromatic rings. The first-order chi connectivity index (χ1) is 12.7. The summed E-state index contributed by atoms with van der Waals surface area (Å²) in [5.41, 5.74) is 2.22. The molecule has 0 aliphatic heterocycles. The number of H-pyrrole nitrogens is 1. The standard InChI is InChI=1S/C19H22F2N2O4/c1-5-26-18(25)15-10(2)16(22-12(15)4)17(24)23-11(3)13-7-6-8-14(9-13)27-19(20)21/h6-9,11,19,22H,5H2,1-4H3,(H,23,24). The summed E-state index contributed by atoms with van der Waals surface area (Å²) in [5, 5.41) is 2.78. The molecule has 27 heavy (non-hydrogen) atoms. The lowest BCUT2D eigenvalue weighted by Gasteiger charge is -2.15. The first-order valence-corrected chi connectivity index (χ1v) is 8.46. The van der Waals surface area contributed by atoms with Crippen LogP contribution in [0.3, 0.4) is 0 Å². The number of carbonyl (C=O) groups is 2. The van der Waals surface area contributed by atoms with Crippen LogP contribution >= 0.6 is 0 Å². The Labute approximate surface area is 155 Å². The summed E-state index contributed by atoms with van der Waals surface area (Å²) < 4.78 is 34.1. The molecule has 0 spiro atoms. The van der Waals surface area contributed by atoms with E-state index in [4.69, 9.17) is 4.74 Å². The Morgan fingerprint density at radius 2 is 1.96 bits per heavy atom. The molecular formula is C19H22F2N2O4. The molecule has 1 heterocycles. The lowest BCUT2D eigenvalue weighted by molar-refractivity contribution is -0.0499. The third-order valence-electron chi connectivity index (χ3n) is 4.07. The predicted molar refractivity (Wildman–Crippen MR) is 95.2 cm³/mol. The van der Waals surface area contributed by atoms with Crippen molar-refractivity contribution in [1.29, 1.82) is 0 Å². The van der Waals surface area contributed by atoms with Gasteiger partial charge in [-0.3, -0.25) is 4.79 Å². The van der Waals surface area contributed by atoms with Gasteiger partial charge in [0, 0.05) is 5.69 Å². The zero-order valence-electron chi connectivity index (χ0n) is 15.6. The smallest absolute Gasteiger partial charge is 0.387 e. The van der Waals surface area contributed by atoms with E-state index in [1.807, 2.05) is 0 Å². The van der Waals surface area contributed by atoms with E-state index < -0.39 is 24.5 Å². The van der Waals surface area contributed by atoms with Crippen molar-refractivity contribution in [3.05, 3.63) is 52.3 Å². The zero-order valence-corrected chi connectivity index (χ0v) is 15.6. The van der Waals surface area contributed by atoms with E-state index in [0.717, 1.165) is 0 Å². The van der Waals surface area contributed by atoms with Crippen LogP contribution in [0.25, 0.3) is 0 Å². The number of ether oxygens (including phenoxy) is 2. The number of aryl methyl sites for hydroxylation is 1. The van der Waals surface area contributed by atoms with E-state index in [1.54, 1.807) is 39.8 Å². The summed E-state index contributed by atoms with van der Waals surface area (Å²) in [5.74, 6) is -0.897. The van der Waals surface area contributed by atoms with Gasteiger partial charge in [0.1, 0.15) is 11.4 Å². The summed E-state index contributed by atoms with van der Waals surface area (Å²) >= 11 is 0. The van der Waals surface area contributed by atoms with E-state index in [9.17, 15) is 18.4 Å². The van der Waals surface area contributed by atoms with Crippen molar-refractivity contribution in [3.8, 4) is 5.75 Å². The molecule has 0 fully saturated rings. The van der Waals surface area contributed by atoms with Crippen molar-refractivity contribution < 1.29 is 27.8 Å². The maximum atomic E-state index is 12.6. The molecule has 0 saturated carbocycles. The Bertz CT molecular complexity index is 833. The minimum atomic E-state index is -2.92. The fraction of sp³-hybridized carbons (Fsp3) is 0.368. The number of aromatic nitrogens is 1.